The predicted octanol–water partition coefficient (Wildman–Crippen LogP) is 3.69. The van der Waals surface area contributed by atoms with E-state index < -0.39 is 0 Å². The topological polar surface area (TPSA) is 70.7 Å². The van der Waals surface area contributed by atoms with Gasteiger partial charge in [-0.3, -0.25) is 4.79 Å². The van der Waals surface area contributed by atoms with Crippen molar-refractivity contribution in [3.8, 4) is 5.75 Å². The number of anilines is 2. The van der Waals surface area contributed by atoms with Crippen molar-refractivity contribution in [1.29, 1.82) is 0 Å². The molecular weight excluding hydrogens is 330 g/mol. The predicted molar refractivity (Wildman–Crippen MR) is 99.4 cm³/mol. The summed E-state index contributed by atoms with van der Waals surface area (Å²) in [7, 11) is 0. The van der Waals surface area contributed by atoms with Crippen molar-refractivity contribution in [3.05, 3.63) is 53.6 Å². The van der Waals surface area contributed by atoms with E-state index in [-0.39, 0.29) is 24.6 Å². The van der Waals surface area contributed by atoms with Crippen LogP contribution in [0.1, 0.15) is 30.0 Å². The van der Waals surface area contributed by atoms with Crippen molar-refractivity contribution < 1.29 is 14.3 Å². The Hall–Kier alpha value is -3.02. The van der Waals surface area contributed by atoms with Gasteiger partial charge in [-0.15, -0.1) is 0 Å². The molecule has 1 atom stereocenters. The molecule has 0 aliphatic carbocycles. The number of nitrogens with one attached hydrogen (secondary N) is 2. The van der Waals surface area contributed by atoms with E-state index in [1.54, 1.807) is 18.2 Å². The Morgan fingerprint density at radius 2 is 2.12 bits per heavy atom. The van der Waals surface area contributed by atoms with Crippen molar-refractivity contribution in [1.82, 2.24) is 4.90 Å². The van der Waals surface area contributed by atoms with Crippen LogP contribution in [0, 0.1) is 6.92 Å². The van der Waals surface area contributed by atoms with Crippen LogP contribution in [0.4, 0.5) is 16.2 Å². The summed E-state index contributed by atoms with van der Waals surface area (Å²) in [6, 6.07) is 13.5. The molecule has 2 aromatic rings. The molecular formula is C20H21N3O3. The molecule has 2 aliphatic rings. The SMILES string of the molecule is Cc1ccccc1C1CCCN1C(=O)Nc1ccc2c(c1)OCC(=O)N2. The Morgan fingerprint density at radius 3 is 2.96 bits per heavy atom. The summed E-state index contributed by atoms with van der Waals surface area (Å²) >= 11 is 0. The zero-order valence-corrected chi connectivity index (χ0v) is 14.6. The number of fused-ring (bicyclic) bond motifs is 1. The molecule has 1 unspecified atom stereocenters. The van der Waals surface area contributed by atoms with Crippen LogP contribution in [-0.2, 0) is 4.79 Å². The van der Waals surface area contributed by atoms with E-state index in [1.807, 2.05) is 17.0 Å². The summed E-state index contributed by atoms with van der Waals surface area (Å²) in [4.78, 5) is 26.1. The Morgan fingerprint density at radius 1 is 1.27 bits per heavy atom. The average Bonchev–Trinajstić information content (AvgIpc) is 3.12. The number of urea groups is 1. The van der Waals surface area contributed by atoms with Gasteiger partial charge in [-0.25, -0.2) is 4.79 Å². The van der Waals surface area contributed by atoms with E-state index >= 15 is 0 Å². The van der Waals surface area contributed by atoms with Gasteiger partial charge >= 0.3 is 6.03 Å². The number of benzene rings is 2. The van der Waals surface area contributed by atoms with Gasteiger partial charge in [0.25, 0.3) is 5.91 Å². The minimum absolute atomic E-state index is 0.00805. The van der Waals surface area contributed by atoms with Crippen molar-refractivity contribution in [2.45, 2.75) is 25.8 Å². The van der Waals surface area contributed by atoms with Crippen molar-refractivity contribution in [2.75, 3.05) is 23.8 Å². The third kappa shape index (κ3) is 3.10. The van der Waals surface area contributed by atoms with E-state index in [4.69, 9.17) is 4.74 Å². The number of nitrogens with zero attached hydrogens (tertiary/aromatic N) is 1. The van der Waals surface area contributed by atoms with Crippen LogP contribution in [-0.4, -0.2) is 30.0 Å². The molecule has 4 rings (SSSR count). The Balaban J connectivity index is 1.51. The van der Waals surface area contributed by atoms with Gasteiger partial charge in [0, 0.05) is 18.3 Å². The van der Waals surface area contributed by atoms with Gasteiger partial charge in [-0.1, -0.05) is 24.3 Å². The highest BCUT2D eigenvalue weighted by molar-refractivity contribution is 5.96. The second-order valence-electron chi connectivity index (χ2n) is 6.69. The largest absolute Gasteiger partial charge is 0.482 e. The summed E-state index contributed by atoms with van der Waals surface area (Å²) in [5.41, 5.74) is 3.69. The Kier molecular flexibility index (Phi) is 4.24. The molecule has 26 heavy (non-hydrogen) atoms. The molecule has 134 valence electrons. The number of aryl methyl sites for hydroxylation is 1. The summed E-state index contributed by atoms with van der Waals surface area (Å²) in [6.07, 6.45) is 1.96. The van der Waals surface area contributed by atoms with Gasteiger partial charge in [0.05, 0.1) is 11.7 Å². The summed E-state index contributed by atoms with van der Waals surface area (Å²) in [5.74, 6) is 0.395. The molecule has 0 spiro atoms. The van der Waals surface area contributed by atoms with Gasteiger partial charge in [0.15, 0.2) is 6.61 Å². The van der Waals surface area contributed by atoms with E-state index in [0.717, 1.165) is 19.4 Å². The first kappa shape index (κ1) is 16.4. The molecule has 6 heteroatoms. The minimum Gasteiger partial charge on any atom is -0.482 e. The maximum atomic E-state index is 12.8. The number of hydrogen-bond acceptors (Lipinski definition) is 3. The highest BCUT2D eigenvalue weighted by Crippen LogP contribution is 2.35. The quantitative estimate of drug-likeness (QED) is 0.867. The van der Waals surface area contributed by atoms with Crippen LogP contribution in [0.5, 0.6) is 5.75 Å². The maximum absolute atomic E-state index is 12.8. The first-order chi connectivity index (χ1) is 12.6. The maximum Gasteiger partial charge on any atom is 0.322 e. The van der Waals surface area contributed by atoms with Gasteiger partial charge in [0.2, 0.25) is 0 Å². The molecule has 1 fully saturated rings. The Bertz CT molecular complexity index is 865. The van der Waals surface area contributed by atoms with Crippen LogP contribution in [0.3, 0.4) is 0 Å². The lowest BCUT2D eigenvalue weighted by Gasteiger charge is -2.27. The molecule has 0 bridgehead atoms. The van der Waals surface area contributed by atoms with E-state index in [1.165, 1.54) is 11.1 Å². The molecule has 0 aromatic heterocycles. The summed E-state index contributed by atoms with van der Waals surface area (Å²) in [5, 5.41) is 5.70. The molecule has 2 N–H and O–H groups in total. The fourth-order valence-corrected chi connectivity index (χ4v) is 3.64. The van der Waals surface area contributed by atoms with Gasteiger partial charge in [0.1, 0.15) is 5.75 Å². The molecule has 6 nitrogen and oxygen atoms in total. The standard InChI is InChI=1S/C20H21N3O3/c1-13-5-2-3-6-15(13)17-7-4-10-23(17)20(25)21-14-8-9-16-18(11-14)26-12-19(24)22-16/h2-3,5-6,8-9,11,17H,4,7,10,12H2,1H3,(H,21,25)(H,22,24). The van der Waals surface area contributed by atoms with Crippen molar-refractivity contribution in [2.24, 2.45) is 0 Å². The third-order valence-electron chi connectivity index (χ3n) is 4.93. The highest BCUT2D eigenvalue weighted by atomic mass is 16.5. The minimum atomic E-state index is -0.174. The first-order valence-corrected chi connectivity index (χ1v) is 8.81. The number of hydrogen-bond donors (Lipinski definition) is 2. The van der Waals surface area contributed by atoms with E-state index in [2.05, 4.69) is 29.7 Å². The molecule has 0 radical (unpaired) electrons. The third-order valence-corrected chi connectivity index (χ3v) is 4.93. The van der Waals surface area contributed by atoms with Crippen LogP contribution in [0.25, 0.3) is 0 Å². The molecule has 2 aliphatic heterocycles. The van der Waals surface area contributed by atoms with Gasteiger partial charge < -0.3 is 20.3 Å². The van der Waals surface area contributed by atoms with Crippen LogP contribution >= 0.6 is 0 Å². The Labute approximate surface area is 152 Å². The fraction of sp³-hybridized carbons (Fsp3) is 0.300. The van der Waals surface area contributed by atoms with E-state index in [0.29, 0.717) is 17.1 Å². The van der Waals surface area contributed by atoms with Crippen LogP contribution < -0.4 is 15.4 Å². The number of carbonyl (C=O) groups excluding carboxylic acids is 2. The smallest absolute Gasteiger partial charge is 0.322 e. The number of likely N-dealkylation sites (tertiary alicyclic amines) is 1. The molecule has 2 heterocycles. The molecule has 0 saturated carbocycles. The van der Waals surface area contributed by atoms with Crippen molar-refractivity contribution in [3.63, 3.8) is 0 Å². The van der Waals surface area contributed by atoms with Gasteiger partial charge in [-0.05, 0) is 43.0 Å². The fourth-order valence-electron chi connectivity index (χ4n) is 3.64. The summed E-state index contributed by atoms with van der Waals surface area (Å²) < 4.78 is 5.41. The zero-order chi connectivity index (χ0) is 18.1. The lowest BCUT2D eigenvalue weighted by Crippen LogP contribution is -2.34. The number of carbonyl (C=O) groups is 2. The lowest BCUT2D eigenvalue weighted by molar-refractivity contribution is -0.118. The summed E-state index contributed by atoms with van der Waals surface area (Å²) in [6.45, 7) is 2.81. The monoisotopic (exact) mass is 351 g/mol. The molecule has 2 aromatic carbocycles. The normalized spacial score (nSPS) is 18.7. The first-order valence-electron chi connectivity index (χ1n) is 8.81. The average molecular weight is 351 g/mol. The van der Waals surface area contributed by atoms with E-state index in [9.17, 15) is 9.59 Å². The number of amides is 3. The zero-order valence-electron chi connectivity index (χ0n) is 14.6. The second kappa shape index (κ2) is 6.71. The highest BCUT2D eigenvalue weighted by Gasteiger charge is 2.31. The number of rotatable bonds is 2. The number of ether oxygens (including phenoxy) is 1. The van der Waals surface area contributed by atoms with Gasteiger partial charge in [-0.2, -0.15) is 0 Å². The lowest BCUT2D eigenvalue weighted by atomic mass is 9.99. The molecule has 3 amide bonds. The second-order valence-corrected chi connectivity index (χ2v) is 6.69. The van der Waals surface area contributed by atoms with Crippen LogP contribution in [0.2, 0.25) is 0 Å². The van der Waals surface area contributed by atoms with Crippen molar-refractivity contribution >= 4 is 23.3 Å². The molecule has 1 saturated heterocycles. The van der Waals surface area contributed by atoms with Crippen LogP contribution in [0.15, 0.2) is 42.5 Å².